The van der Waals surface area contributed by atoms with Crippen LogP contribution in [-0.2, 0) is 23.7 Å². The average Bonchev–Trinajstić information content (AvgIpc) is 2.22. The van der Waals surface area contributed by atoms with E-state index in [4.69, 9.17) is 14.2 Å². The fraction of sp³-hybridized carbons (Fsp3) is 0.800. The molecule has 0 amide bonds. The van der Waals surface area contributed by atoms with Crippen LogP contribution in [0.5, 0.6) is 0 Å². The first-order valence-corrected chi connectivity index (χ1v) is 5.14. The average molecular weight is 234 g/mol. The van der Waals surface area contributed by atoms with Gasteiger partial charge in [0.2, 0.25) is 0 Å². The molecule has 1 atom stereocenters. The Kier molecular flexibility index (Phi) is 8.24. The van der Waals surface area contributed by atoms with Crippen LogP contribution < -0.4 is 0 Å². The summed E-state index contributed by atoms with van der Waals surface area (Å²) in [6.07, 6.45) is -1.21. The molecule has 0 aliphatic heterocycles. The Hall–Kier alpha value is -1.30. The van der Waals surface area contributed by atoms with Crippen molar-refractivity contribution in [2.24, 2.45) is 0 Å². The van der Waals surface area contributed by atoms with E-state index < -0.39 is 18.2 Å². The van der Waals surface area contributed by atoms with Crippen molar-refractivity contribution >= 4 is 12.1 Å². The number of ether oxygens (including phenoxy) is 4. The highest BCUT2D eigenvalue weighted by Gasteiger charge is 2.14. The molecule has 1 unspecified atom stereocenters. The van der Waals surface area contributed by atoms with E-state index in [0.29, 0.717) is 6.61 Å². The van der Waals surface area contributed by atoms with Gasteiger partial charge < -0.3 is 18.9 Å². The fourth-order valence-corrected chi connectivity index (χ4v) is 0.911. The number of rotatable bonds is 7. The second-order valence-electron chi connectivity index (χ2n) is 2.87. The number of carbonyl (C=O) groups is 2. The Morgan fingerprint density at radius 1 is 1.00 bits per heavy atom. The number of carbonyl (C=O) groups excluding carboxylic acids is 2. The largest absolute Gasteiger partial charge is 0.508 e. The Balaban J connectivity index is 3.83. The molecule has 0 saturated heterocycles. The van der Waals surface area contributed by atoms with Crippen LogP contribution in [-0.4, -0.2) is 44.7 Å². The lowest BCUT2D eigenvalue weighted by atomic mass is 10.4. The Morgan fingerprint density at radius 2 is 1.62 bits per heavy atom. The molecule has 0 N–H and O–H groups in total. The second-order valence-corrected chi connectivity index (χ2v) is 2.87. The van der Waals surface area contributed by atoms with Gasteiger partial charge in [-0.15, -0.1) is 0 Å². The van der Waals surface area contributed by atoms with E-state index in [-0.39, 0.29) is 19.8 Å². The normalized spacial score (nSPS) is 11.7. The lowest BCUT2D eigenvalue weighted by molar-refractivity contribution is -0.146. The predicted octanol–water partition coefficient (Wildman–Crippen LogP) is 1.13. The molecule has 0 aliphatic carbocycles. The highest BCUT2D eigenvalue weighted by Crippen LogP contribution is 1.97. The number of hydrogen-bond donors (Lipinski definition) is 0. The molecule has 0 aromatic carbocycles. The molecule has 0 saturated carbocycles. The Labute approximate surface area is 94.8 Å². The first-order valence-electron chi connectivity index (χ1n) is 5.14. The van der Waals surface area contributed by atoms with Crippen molar-refractivity contribution < 1.29 is 28.5 Å². The van der Waals surface area contributed by atoms with Gasteiger partial charge in [0.25, 0.3) is 0 Å². The maximum atomic E-state index is 10.9. The van der Waals surface area contributed by atoms with Crippen LogP contribution in [0.3, 0.4) is 0 Å². The van der Waals surface area contributed by atoms with Crippen molar-refractivity contribution in [1.82, 2.24) is 0 Å². The maximum Gasteiger partial charge on any atom is 0.508 e. The molecule has 0 rings (SSSR count). The van der Waals surface area contributed by atoms with Crippen molar-refractivity contribution in [3.63, 3.8) is 0 Å². The lowest BCUT2D eigenvalue weighted by Gasteiger charge is -2.16. The number of esters is 1. The Bertz CT molecular complexity index is 215. The van der Waals surface area contributed by atoms with Gasteiger partial charge in [0.05, 0.1) is 6.61 Å². The van der Waals surface area contributed by atoms with Gasteiger partial charge >= 0.3 is 12.1 Å². The Morgan fingerprint density at radius 3 is 2.12 bits per heavy atom. The van der Waals surface area contributed by atoms with E-state index in [1.807, 2.05) is 0 Å². The van der Waals surface area contributed by atoms with Crippen LogP contribution in [0.25, 0.3) is 0 Å². The molecule has 94 valence electrons. The van der Waals surface area contributed by atoms with Crippen LogP contribution in [0.1, 0.15) is 20.8 Å². The quantitative estimate of drug-likeness (QED) is 0.615. The summed E-state index contributed by atoms with van der Waals surface area (Å²) in [5.74, 6) is -0.402. The minimum Gasteiger partial charge on any atom is -0.463 e. The van der Waals surface area contributed by atoms with Gasteiger partial charge in [-0.2, -0.15) is 0 Å². The maximum absolute atomic E-state index is 10.9. The minimum atomic E-state index is -0.755. The topological polar surface area (TPSA) is 71.1 Å². The van der Waals surface area contributed by atoms with Gasteiger partial charge in [0.15, 0.2) is 0 Å². The summed E-state index contributed by atoms with van der Waals surface area (Å²) in [7, 11) is 0. The molecular formula is C10H18O6. The van der Waals surface area contributed by atoms with E-state index in [9.17, 15) is 9.59 Å². The molecule has 0 aromatic rings. The number of hydrogen-bond acceptors (Lipinski definition) is 6. The van der Waals surface area contributed by atoms with Crippen molar-refractivity contribution in [3.8, 4) is 0 Å². The van der Waals surface area contributed by atoms with E-state index in [0.717, 1.165) is 0 Å². The molecular weight excluding hydrogens is 216 g/mol. The summed E-state index contributed by atoms with van der Waals surface area (Å²) in [6, 6.07) is 0. The lowest BCUT2D eigenvalue weighted by Crippen LogP contribution is -2.28. The molecule has 0 fully saturated rings. The molecule has 0 radical (unpaired) electrons. The summed E-state index contributed by atoms with van der Waals surface area (Å²) >= 11 is 0. The first-order chi connectivity index (χ1) is 7.60. The molecule has 0 aromatic heterocycles. The minimum absolute atomic E-state index is 0.0000463. The van der Waals surface area contributed by atoms with Crippen molar-refractivity contribution in [2.45, 2.75) is 26.9 Å². The van der Waals surface area contributed by atoms with Crippen molar-refractivity contribution in [2.75, 3.05) is 26.4 Å². The monoisotopic (exact) mass is 234 g/mol. The summed E-state index contributed by atoms with van der Waals surface area (Å²) in [5.41, 5.74) is 0. The smallest absolute Gasteiger partial charge is 0.463 e. The molecule has 0 spiro atoms. The summed E-state index contributed by atoms with van der Waals surface area (Å²) < 4.78 is 19.3. The molecule has 16 heavy (non-hydrogen) atoms. The predicted molar refractivity (Wildman–Crippen MR) is 55.0 cm³/mol. The zero-order valence-corrected chi connectivity index (χ0v) is 9.86. The summed E-state index contributed by atoms with van der Waals surface area (Å²) in [5, 5.41) is 0. The molecule has 0 bridgehead atoms. The second kappa shape index (κ2) is 8.96. The van der Waals surface area contributed by atoms with E-state index in [1.165, 1.54) is 6.92 Å². The van der Waals surface area contributed by atoms with E-state index in [2.05, 4.69) is 4.74 Å². The SMILES string of the molecule is CCOC(=O)OCC(COC(C)=O)OCC. The van der Waals surface area contributed by atoms with Crippen LogP contribution in [0.2, 0.25) is 0 Å². The van der Waals surface area contributed by atoms with Crippen molar-refractivity contribution in [3.05, 3.63) is 0 Å². The molecule has 0 aliphatic rings. The fourth-order valence-electron chi connectivity index (χ4n) is 0.911. The zero-order valence-electron chi connectivity index (χ0n) is 9.86. The summed E-state index contributed by atoms with van der Waals surface area (Å²) in [4.78, 5) is 21.5. The zero-order chi connectivity index (χ0) is 12.4. The van der Waals surface area contributed by atoms with E-state index >= 15 is 0 Å². The highest BCUT2D eigenvalue weighted by molar-refractivity contribution is 5.65. The third-order valence-corrected chi connectivity index (χ3v) is 1.52. The van der Waals surface area contributed by atoms with Gasteiger partial charge in [-0.05, 0) is 13.8 Å². The standard InChI is InChI=1S/C10H18O6/c1-4-13-9(6-15-8(3)11)7-16-10(12)14-5-2/h9H,4-7H2,1-3H3. The third kappa shape index (κ3) is 8.05. The summed E-state index contributed by atoms with van der Waals surface area (Å²) in [6.45, 7) is 5.53. The molecule has 6 nitrogen and oxygen atoms in total. The van der Waals surface area contributed by atoms with Gasteiger partial charge in [-0.1, -0.05) is 0 Å². The molecule has 0 heterocycles. The van der Waals surface area contributed by atoms with Gasteiger partial charge in [0, 0.05) is 13.5 Å². The molecule has 6 heteroatoms. The van der Waals surface area contributed by atoms with Crippen LogP contribution in [0.15, 0.2) is 0 Å². The van der Waals surface area contributed by atoms with Crippen molar-refractivity contribution in [1.29, 1.82) is 0 Å². The first kappa shape index (κ1) is 14.7. The van der Waals surface area contributed by atoms with Gasteiger partial charge in [-0.25, -0.2) is 4.79 Å². The van der Waals surface area contributed by atoms with Crippen LogP contribution in [0.4, 0.5) is 4.79 Å². The highest BCUT2D eigenvalue weighted by atomic mass is 16.7. The van der Waals surface area contributed by atoms with E-state index in [1.54, 1.807) is 13.8 Å². The van der Waals surface area contributed by atoms with Gasteiger partial charge in [-0.3, -0.25) is 4.79 Å². The van der Waals surface area contributed by atoms with Crippen LogP contribution in [0, 0.1) is 0 Å². The van der Waals surface area contributed by atoms with Gasteiger partial charge in [0.1, 0.15) is 19.3 Å². The van der Waals surface area contributed by atoms with Crippen LogP contribution >= 0.6 is 0 Å². The third-order valence-electron chi connectivity index (χ3n) is 1.52.